The molecule has 0 N–H and O–H groups in total. The molecule has 1 aromatic carbocycles. The van der Waals surface area contributed by atoms with Gasteiger partial charge in [0.15, 0.2) is 5.79 Å². The van der Waals surface area contributed by atoms with Gasteiger partial charge >= 0.3 is 0 Å². The SMILES string of the molecule is CCC1(C)OCC(Oc2ccc(Cn3cccn3)cc2)O1. The predicted molar refractivity (Wildman–Crippen MR) is 77.9 cm³/mol. The fraction of sp³-hybridized carbons (Fsp3) is 0.438. The van der Waals surface area contributed by atoms with Crippen molar-refractivity contribution < 1.29 is 14.2 Å². The van der Waals surface area contributed by atoms with Crippen molar-refractivity contribution in [1.29, 1.82) is 0 Å². The van der Waals surface area contributed by atoms with Crippen molar-refractivity contribution in [3.8, 4) is 5.75 Å². The van der Waals surface area contributed by atoms with Gasteiger partial charge in [-0.2, -0.15) is 5.10 Å². The Balaban J connectivity index is 1.58. The van der Waals surface area contributed by atoms with Crippen LogP contribution in [-0.4, -0.2) is 28.5 Å². The van der Waals surface area contributed by atoms with Crippen molar-refractivity contribution >= 4 is 0 Å². The molecule has 0 radical (unpaired) electrons. The average Bonchev–Trinajstić information content (AvgIpc) is 3.12. The Morgan fingerprint density at radius 1 is 1.38 bits per heavy atom. The lowest BCUT2D eigenvalue weighted by molar-refractivity contribution is -0.181. The molecule has 1 aliphatic rings. The molecule has 1 fully saturated rings. The zero-order valence-electron chi connectivity index (χ0n) is 12.4. The first-order valence-corrected chi connectivity index (χ1v) is 7.22. The second-order valence-corrected chi connectivity index (χ2v) is 5.31. The Hall–Kier alpha value is -1.85. The van der Waals surface area contributed by atoms with E-state index in [2.05, 4.69) is 5.10 Å². The van der Waals surface area contributed by atoms with Crippen LogP contribution in [0.1, 0.15) is 25.8 Å². The first kappa shape index (κ1) is 14.1. The highest BCUT2D eigenvalue weighted by molar-refractivity contribution is 5.27. The van der Waals surface area contributed by atoms with Crippen LogP contribution in [0.2, 0.25) is 0 Å². The molecule has 0 amide bonds. The van der Waals surface area contributed by atoms with Crippen LogP contribution in [0.4, 0.5) is 0 Å². The normalized spacial score (nSPS) is 25.1. The minimum atomic E-state index is -0.523. The first-order chi connectivity index (χ1) is 10.2. The first-order valence-electron chi connectivity index (χ1n) is 7.22. The Kier molecular flexibility index (Phi) is 3.94. The molecule has 2 atom stereocenters. The third kappa shape index (κ3) is 3.43. The van der Waals surface area contributed by atoms with Crippen LogP contribution in [-0.2, 0) is 16.0 Å². The highest BCUT2D eigenvalue weighted by Gasteiger charge is 2.36. The van der Waals surface area contributed by atoms with E-state index >= 15 is 0 Å². The summed E-state index contributed by atoms with van der Waals surface area (Å²) in [7, 11) is 0. The molecular formula is C16H20N2O3. The molecule has 1 saturated heterocycles. The van der Waals surface area contributed by atoms with Crippen LogP contribution in [0, 0.1) is 0 Å². The zero-order chi connectivity index (χ0) is 14.7. The van der Waals surface area contributed by atoms with E-state index in [0.29, 0.717) is 6.61 Å². The van der Waals surface area contributed by atoms with Crippen LogP contribution in [0.25, 0.3) is 0 Å². The summed E-state index contributed by atoms with van der Waals surface area (Å²) in [6.45, 7) is 5.18. The molecule has 2 aromatic rings. The molecule has 0 spiro atoms. The highest BCUT2D eigenvalue weighted by Crippen LogP contribution is 2.28. The van der Waals surface area contributed by atoms with Gasteiger partial charge in [0.05, 0.1) is 6.54 Å². The highest BCUT2D eigenvalue weighted by atomic mass is 16.8. The summed E-state index contributed by atoms with van der Waals surface area (Å²) < 4.78 is 19.0. The monoisotopic (exact) mass is 288 g/mol. The van der Waals surface area contributed by atoms with E-state index in [4.69, 9.17) is 14.2 Å². The van der Waals surface area contributed by atoms with E-state index in [-0.39, 0.29) is 6.29 Å². The lowest BCUT2D eigenvalue weighted by atomic mass is 10.2. The Morgan fingerprint density at radius 2 is 2.19 bits per heavy atom. The number of aromatic nitrogens is 2. The molecule has 5 heteroatoms. The minimum absolute atomic E-state index is 0.341. The maximum Gasteiger partial charge on any atom is 0.226 e. The molecule has 0 bridgehead atoms. The summed E-state index contributed by atoms with van der Waals surface area (Å²) in [6, 6.07) is 9.88. The summed E-state index contributed by atoms with van der Waals surface area (Å²) in [4.78, 5) is 0. The van der Waals surface area contributed by atoms with Gasteiger partial charge in [0, 0.05) is 12.4 Å². The third-order valence-electron chi connectivity index (χ3n) is 3.64. The molecule has 2 heterocycles. The molecular weight excluding hydrogens is 268 g/mol. The maximum absolute atomic E-state index is 5.79. The molecule has 21 heavy (non-hydrogen) atoms. The maximum atomic E-state index is 5.79. The summed E-state index contributed by atoms with van der Waals surface area (Å²) in [5.74, 6) is 0.262. The van der Waals surface area contributed by atoms with Crippen molar-refractivity contribution in [2.45, 2.75) is 38.9 Å². The number of hydrogen-bond donors (Lipinski definition) is 0. The lowest BCUT2D eigenvalue weighted by Crippen LogP contribution is -2.27. The number of hydrogen-bond acceptors (Lipinski definition) is 4. The molecule has 1 aliphatic heterocycles. The van der Waals surface area contributed by atoms with Gasteiger partial charge in [0.2, 0.25) is 6.29 Å². The smallest absolute Gasteiger partial charge is 0.226 e. The fourth-order valence-corrected chi connectivity index (χ4v) is 2.24. The third-order valence-corrected chi connectivity index (χ3v) is 3.64. The van der Waals surface area contributed by atoms with Crippen molar-refractivity contribution in [3.05, 3.63) is 48.3 Å². The number of nitrogens with zero attached hydrogens (tertiary/aromatic N) is 2. The van der Waals surface area contributed by atoms with Gasteiger partial charge in [0.1, 0.15) is 12.4 Å². The summed E-state index contributed by atoms with van der Waals surface area (Å²) in [5.41, 5.74) is 1.17. The van der Waals surface area contributed by atoms with Crippen LogP contribution >= 0.6 is 0 Å². The zero-order valence-corrected chi connectivity index (χ0v) is 12.4. The molecule has 0 saturated carbocycles. The lowest BCUT2D eigenvalue weighted by Gasteiger charge is -2.20. The number of benzene rings is 1. The standard InChI is InChI=1S/C16H20N2O3/c1-3-16(2)19-12-15(21-16)20-14-7-5-13(6-8-14)11-18-10-4-9-17-18/h4-10,15H,3,11-12H2,1-2H3. The van der Waals surface area contributed by atoms with Gasteiger partial charge in [-0.25, -0.2) is 0 Å². The average molecular weight is 288 g/mol. The van der Waals surface area contributed by atoms with Gasteiger partial charge in [-0.05, 0) is 37.1 Å². The molecule has 2 unspecified atom stereocenters. The van der Waals surface area contributed by atoms with Crippen molar-refractivity contribution in [2.75, 3.05) is 6.61 Å². The topological polar surface area (TPSA) is 45.5 Å². The van der Waals surface area contributed by atoms with Crippen molar-refractivity contribution in [1.82, 2.24) is 9.78 Å². The quantitative estimate of drug-likeness (QED) is 0.848. The molecule has 5 nitrogen and oxygen atoms in total. The summed E-state index contributed by atoms with van der Waals surface area (Å²) in [6.07, 6.45) is 4.18. The van der Waals surface area contributed by atoms with E-state index in [9.17, 15) is 0 Å². The molecule has 0 aliphatic carbocycles. The predicted octanol–water partition coefficient (Wildman–Crippen LogP) is 2.81. The van der Waals surface area contributed by atoms with Crippen LogP contribution in [0.3, 0.4) is 0 Å². The number of ether oxygens (including phenoxy) is 3. The minimum Gasteiger partial charge on any atom is -0.462 e. The largest absolute Gasteiger partial charge is 0.462 e. The van der Waals surface area contributed by atoms with Crippen molar-refractivity contribution in [3.63, 3.8) is 0 Å². The van der Waals surface area contributed by atoms with E-state index in [1.165, 1.54) is 5.56 Å². The van der Waals surface area contributed by atoms with Crippen LogP contribution in [0.15, 0.2) is 42.7 Å². The molecule has 3 rings (SSSR count). The van der Waals surface area contributed by atoms with E-state index in [1.54, 1.807) is 6.20 Å². The number of rotatable bonds is 5. The molecule has 1 aromatic heterocycles. The van der Waals surface area contributed by atoms with Gasteiger partial charge in [-0.3, -0.25) is 4.68 Å². The van der Waals surface area contributed by atoms with Gasteiger partial charge in [0.25, 0.3) is 0 Å². The Labute approximate surface area is 124 Å². The van der Waals surface area contributed by atoms with Gasteiger partial charge in [-0.15, -0.1) is 0 Å². The second-order valence-electron chi connectivity index (χ2n) is 5.31. The van der Waals surface area contributed by atoms with Crippen LogP contribution in [0.5, 0.6) is 5.75 Å². The second kappa shape index (κ2) is 5.87. The van der Waals surface area contributed by atoms with E-state index < -0.39 is 5.79 Å². The summed E-state index contributed by atoms with van der Waals surface area (Å²) >= 11 is 0. The fourth-order valence-electron chi connectivity index (χ4n) is 2.24. The Bertz CT molecular complexity index is 568. The van der Waals surface area contributed by atoms with Crippen molar-refractivity contribution in [2.24, 2.45) is 0 Å². The Morgan fingerprint density at radius 3 is 2.81 bits per heavy atom. The van der Waals surface area contributed by atoms with E-state index in [0.717, 1.165) is 18.7 Å². The molecule has 112 valence electrons. The van der Waals surface area contributed by atoms with Gasteiger partial charge < -0.3 is 14.2 Å². The van der Waals surface area contributed by atoms with E-state index in [1.807, 2.05) is 55.1 Å². The van der Waals surface area contributed by atoms with Gasteiger partial charge in [-0.1, -0.05) is 19.1 Å². The summed E-state index contributed by atoms with van der Waals surface area (Å²) in [5, 5.41) is 4.19. The van der Waals surface area contributed by atoms with Crippen LogP contribution < -0.4 is 4.74 Å².